The van der Waals surface area contributed by atoms with Gasteiger partial charge in [0.1, 0.15) is 5.82 Å². The second kappa shape index (κ2) is 6.71. The van der Waals surface area contributed by atoms with Gasteiger partial charge in [0.2, 0.25) is 6.10 Å². The van der Waals surface area contributed by atoms with Crippen LogP contribution in [0, 0.1) is 15.9 Å². The summed E-state index contributed by atoms with van der Waals surface area (Å²) in [6, 6.07) is 8.34. The van der Waals surface area contributed by atoms with Crippen LogP contribution in [0.3, 0.4) is 0 Å². The lowest BCUT2D eigenvalue weighted by molar-refractivity contribution is -0.518. The lowest BCUT2D eigenvalue weighted by Gasteiger charge is -2.15. The normalized spacial score (nSPS) is 16.3. The first-order valence-electron chi connectivity index (χ1n) is 7.42. The second-order valence-corrected chi connectivity index (χ2v) is 5.47. The summed E-state index contributed by atoms with van der Waals surface area (Å²) in [4.78, 5) is 46.7. The van der Waals surface area contributed by atoms with Crippen LogP contribution in [0.1, 0.15) is 22.0 Å². The van der Waals surface area contributed by atoms with Gasteiger partial charge in [-0.15, -0.1) is 0 Å². The second-order valence-electron chi connectivity index (χ2n) is 5.47. The highest BCUT2D eigenvalue weighted by Crippen LogP contribution is 2.34. The summed E-state index contributed by atoms with van der Waals surface area (Å²) in [5.74, 6) is -4.00. The van der Waals surface area contributed by atoms with Crippen LogP contribution in [0.25, 0.3) is 0 Å². The molecule has 132 valence electrons. The van der Waals surface area contributed by atoms with E-state index in [9.17, 15) is 28.9 Å². The lowest BCUT2D eigenvalue weighted by Crippen LogP contribution is -2.42. The van der Waals surface area contributed by atoms with E-state index in [0.717, 1.165) is 12.1 Å². The Morgan fingerprint density at radius 1 is 1.15 bits per heavy atom. The van der Waals surface area contributed by atoms with Crippen LogP contribution in [-0.4, -0.2) is 28.6 Å². The van der Waals surface area contributed by atoms with Gasteiger partial charge in [0.05, 0.1) is 5.56 Å². The standard InChI is InChI=1S/C17H11FN2O6/c18-9-5-7-10(8-6-9)19-16(22)14(21)13(20(24)25)15-11-3-1-2-4-12(11)17(23)26-15/h1-8,13,15H,(H,19,22)/t13-,15+/m1/s1. The summed E-state index contributed by atoms with van der Waals surface area (Å²) in [6.45, 7) is 0. The van der Waals surface area contributed by atoms with Gasteiger partial charge in [0.25, 0.3) is 11.7 Å². The van der Waals surface area contributed by atoms with Gasteiger partial charge in [0.15, 0.2) is 0 Å². The van der Waals surface area contributed by atoms with E-state index in [1.807, 2.05) is 0 Å². The van der Waals surface area contributed by atoms with Crippen LogP contribution >= 0.6 is 0 Å². The molecule has 0 spiro atoms. The number of cyclic esters (lactones) is 1. The summed E-state index contributed by atoms with van der Waals surface area (Å²) in [6.07, 6.45) is -1.50. The molecule has 1 N–H and O–H groups in total. The van der Waals surface area contributed by atoms with Gasteiger partial charge >= 0.3 is 12.0 Å². The summed E-state index contributed by atoms with van der Waals surface area (Å²) in [7, 11) is 0. The molecule has 1 amide bonds. The molecule has 2 aromatic rings. The zero-order valence-electron chi connectivity index (χ0n) is 13.0. The zero-order valence-corrected chi connectivity index (χ0v) is 13.0. The van der Waals surface area contributed by atoms with E-state index in [1.54, 1.807) is 6.07 Å². The van der Waals surface area contributed by atoms with Crippen LogP contribution < -0.4 is 5.32 Å². The van der Waals surface area contributed by atoms with Gasteiger partial charge in [-0.05, 0) is 30.3 Å². The maximum atomic E-state index is 12.9. The molecule has 0 saturated carbocycles. The van der Waals surface area contributed by atoms with Crippen molar-refractivity contribution in [3.8, 4) is 0 Å². The highest BCUT2D eigenvalue weighted by Gasteiger charge is 2.49. The first kappa shape index (κ1) is 17.2. The largest absolute Gasteiger partial charge is 0.446 e. The predicted molar refractivity (Wildman–Crippen MR) is 85.4 cm³/mol. The van der Waals surface area contributed by atoms with E-state index in [2.05, 4.69) is 5.32 Å². The number of ketones is 1. The van der Waals surface area contributed by atoms with E-state index in [0.29, 0.717) is 0 Å². The Balaban J connectivity index is 1.85. The molecule has 0 saturated heterocycles. The number of hydrogen-bond acceptors (Lipinski definition) is 6. The Hall–Kier alpha value is -3.62. The molecule has 0 unspecified atom stereocenters. The van der Waals surface area contributed by atoms with E-state index in [4.69, 9.17) is 4.74 Å². The molecule has 0 aliphatic carbocycles. The smallest absolute Gasteiger partial charge is 0.339 e. The number of nitro groups is 1. The van der Waals surface area contributed by atoms with Gasteiger partial charge in [0, 0.05) is 16.2 Å². The molecule has 0 radical (unpaired) electrons. The van der Waals surface area contributed by atoms with Crippen LogP contribution in [0.15, 0.2) is 48.5 Å². The first-order chi connectivity index (χ1) is 12.4. The Labute approximate surface area is 145 Å². The summed E-state index contributed by atoms with van der Waals surface area (Å²) < 4.78 is 17.8. The Kier molecular flexibility index (Phi) is 4.44. The molecule has 1 heterocycles. The van der Waals surface area contributed by atoms with Crippen molar-refractivity contribution in [3.63, 3.8) is 0 Å². The minimum absolute atomic E-state index is 0.0932. The quantitative estimate of drug-likeness (QED) is 0.378. The van der Waals surface area contributed by atoms with Crippen molar-refractivity contribution in [2.45, 2.75) is 12.1 Å². The fraction of sp³-hybridized carbons (Fsp3) is 0.118. The monoisotopic (exact) mass is 358 g/mol. The molecule has 0 aromatic heterocycles. The number of fused-ring (bicyclic) bond motifs is 1. The first-order valence-corrected chi connectivity index (χ1v) is 7.42. The number of Topliss-reactive ketones (excluding diaryl/α,β-unsaturated/α-hetero) is 1. The number of ether oxygens (including phenoxy) is 1. The van der Waals surface area contributed by atoms with Crippen molar-refractivity contribution in [1.29, 1.82) is 0 Å². The van der Waals surface area contributed by atoms with Crippen LogP contribution in [0.5, 0.6) is 0 Å². The van der Waals surface area contributed by atoms with E-state index < -0.39 is 40.5 Å². The summed E-state index contributed by atoms with van der Waals surface area (Å²) in [5, 5.41) is 13.6. The molecule has 9 heteroatoms. The highest BCUT2D eigenvalue weighted by atomic mass is 19.1. The third-order valence-electron chi connectivity index (χ3n) is 3.83. The molecule has 3 rings (SSSR count). The van der Waals surface area contributed by atoms with Crippen LogP contribution in [0.2, 0.25) is 0 Å². The lowest BCUT2D eigenvalue weighted by atomic mass is 9.97. The number of rotatable bonds is 5. The van der Waals surface area contributed by atoms with Crippen molar-refractivity contribution in [3.05, 3.63) is 75.6 Å². The highest BCUT2D eigenvalue weighted by molar-refractivity contribution is 6.42. The third kappa shape index (κ3) is 3.14. The van der Waals surface area contributed by atoms with Gasteiger partial charge in [-0.3, -0.25) is 19.7 Å². The topological polar surface area (TPSA) is 116 Å². The molecule has 8 nitrogen and oxygen atoms in total. The fourth-order valence-electron chi connectivity index (χ4n) is 2.61. The van der Waals surface area contributed by atoms with Crippen molar-refractivity contribution in [2.75, 3.05) is 5.32 Å². The maximum absolute atomic E-state index is 12.9. The van der Waals surface area contributed by atoms with Gasteiger partial charge in [-0.2, -0.15) is 0 Å². The fourth-order valence-corrected chi connectivity index (χ4v) is 2.61. The average Bonchev–Trinajstić information content (AvgIpc) is 2.94. The molecule has 26 heavy (non-hydrogen) atoms. The Morgan fingerprint density at radius 2 is 1.81 bits per heavy atom. The predicted octanol–water partition coefficient (Wildman–Crippen LogP) is 1.89. The number of halogens is 1. The van der Waals surface area contributed by atoms with Crippen molar-refractivity contribution < 1.29 is 28.4 Å². The Bertz CT molecular complexity index is 912. The van der Waals surface area contributed by atoms with Crippen molar-refractivity contribution >= 4 is 23.3 Å². The van der Waals surface area contributed by atoms with Gasteiger partial charge in [-0.25, -0.2) is 9.18 Å². The number of carbonyl (C=O) groups excluding carboxylic acids is 3. The summed E-state index contributed by atoms with van der Waals surface area (Å²) in [5.41, 5.74) is 0.369. The number of anilines is 1. The molecule has 2 atom stereocenters. The third-order valence-corrected chi connectivity index (χ3v) is 3.83. The number of hydrogen-bond donors (Lipinski definition) is 1. The van der Waals surface area contributed by atoms with Gasteiger partial charge in [-0.1, -0.05) is 18.2 Å². The number of benzene rings is 2. The zero-order chi connectivity index (χ0) is 18.8. The SMILES string of the molecule is O=C(Nc1ccc(F)cc1)C(=O)[C@H]([C@H]1OC(=O)c2ccccc21)[N+](=O)[O-]. The van der Waals surface area contributed by atoms with Gasteiger partial charge < -0.3 is 10.1 Å². The minimum Gasteiger partial charge on any atom is -0.446 e. The van der Waals surface area contributed by atoms with Crippen molar-refractivity contribution in [1.82, 2.24) is 0 Å². The number of carbonyl (C=O) groups is 3. The minimum atomic E-state index is -2.09. The average molecular weight is 358 g/mol. The van der Waals surface area contributed by atoms with Crippen LogP contribution in [-0.2, 0) is 14.3 Å². The molecule has 2 aromatic carbocycles. The molecular formula is C17H11FN2O6. The van der Waals surface area contributed by atoms with Crippen molar-refractivity contribution in [2.24, 2.45) is 0 Å². The molecule has 0 fully saturated rings. The number of esters is 1. The number of amides is 1. The molecule has 0 bridgehead atoms. The number of nitrogens with zero attached hydrogens (tertiary/aromatic N) is 1. The summed E-state index contributed by atoms with van der Waals surface area (Å²) >= 11 is 0. The molecule has 1 aliphatic heterocycles. The molecular weight excluding hydrogens is 347 g/mol. The maximum Gasteiger partial charge on any atom is 0.339 e. The van der Waals surface area contributed by atoms with Crippen LogP contribution in [0.4, 0.5) is 10.1 Å². The molecule has 1 aliphatic rings. The Morgan fingerprint density at radius 3 is 2.46 bits per heavy atom. The number of nitrogens with one attached hydrogen (secondary N) is 1. The van der Waals surface area contributed by atoms with E-state index in [1.165, 1.54) is 30.3 Å². The van der Waals surface area contributed by atoms with E-state index >= 15 is 0 Å². The van der Waals surface area contributed by atoms with E-state index in [-0.39, 0.29) is 16.8 Å².